The Labute approximate surface area is 90.4 Å². The first-order valence-corrected chi connectivity index (χ1v) is 5.76. The van der Waals surface area contributed by atoms with E-state index in [1.807, 2.05) is 0 Å². The number of rotatable bonds is 2. The van der Waals surface area contributed by atoms with Crippen molar-refractivity contribution < 1.29 is 0 Å². The number of allylic oxidation sites excluding steroid dienone is 2. The summed E-state index contributed by atoms with van der Waals surface area (Å²) in [7, 11) is 0. The molecule has 0 bridgehead atoms. The number of aromatic amines is 1. The molecule has 1 N–H and O–H groups in total. The Bertz CT molecular complexity index is 422. The molecule has 0 radical (unpaired) electrons. The van der Waals surface area contributed by atoms with Crippen LogP contribution in [0.25, 0.3) is 5.57 Å². The Morgan fingerprint density at radius 3 is 3.07 bits per heavy atom. The number of H-pyrrole nitrogens is 1. The molecule has 1 aromatic heterocycles. The minimum Gasteiger partial charge on any atom is -0.307 e. The van der Waals surface area contributed by atoms with Gasteiger partial charge >= 0.3 is 0 Å². The summed E-state index contributed by atoms with van der Waals surface area (Å²) in [5.41, 5.74) is 2.49. The fourth-order valence-electron chi connectivity index (χ4n) is 1.76. The lowest BCUT2D eigenvalue weighted by molar-refractivity contribution is 0.907. The molecule has 4 heteroatoms. The van der Waals surface area contributed by atoms with Gasteiger partial charge in [-0.25, -0.2) is 4.98 Å². The number of nitrogens with one attached hydrogen (secondary N) is 1. The Kier molecular flexibility index (Phi) is 2.82. The lowest BCUT2D eigenvalue weighted by Gasteiger charge is -2.02. The number of nitrogens with zero attached hydrogens (tertiary/aromatic N) is 1. The summed E-state index contributed by atoms with van der Waals surface area (Å²) >= 11 is 3.45. The third kappa shape index (κ3) is 1.80. The lowest BCUT2D eigenvalue weighted by atomic mass is 10.1. The van der Waals surface area contributed by atoms with E-state index < -0.39 is 0 Å². The van der Waals surface area contributed by atoms with Crippen molar-refractivity contribution in [3.05, 3.63) is 34.0 Å². The molecule has 1 heterocycles. The van der Waals surface area contributed by atoms with Crippen molar-refractivity contribution in [1.82, 2.24) is 9.97 Å². The molecule has 0 amide bonds. The van der Waals surface area contributed by atoms with Crippen LogP contribution < -0.4 is 5.56 Å². The topological polar surface area (TPSA) is 45.8 Å². The zero-order valence-electron chi connectivity index (χ0n) is 7.72. The van der Waals surface area contributed by atoms with Gasteiger partial charge in [0.1, 0.15) is 5.82 Å². The highest BCUT2D eigenvalue weighted by atomic mass is 79.9. The van der Waals surface area contributed by atoms with E-state index in [1.54, 1.807) is 6.20 Å². The zero-order valence-corrected chi connectivity index (χ0v) is 9.30. The molecule has 0 saturated heterocycles. The molecule has 0 aromatic carbocycles. The number of hydrogen-bond acceptors (Lipinski definition) is 2. The van der Waals surface area contributed by atoms with E-state index in [2.05, 4.69) is 25.9 Å². The lowest BCUT2D eigenvalue weighted by Crippen LogP contribution is -2.08. The maximum atomic E-state index is 11.1. The Morgan fingerprint density at radius 1 is 1.50 bits per heavy atom. The predicted molar refractivity (Wildman–Crippen MR) is 59.4 cm³/mol. The summed E-state index contributed by atoms with van der Waals surface area (Å²) in [4.78, 5) is 18.1. The van der Waals surface area contributed by atoms with Gasteiger partial charge in [-0.15, -0.1) is 0 Å². The summed E-state index contributed by atoms with van der Waals surface area (Å²) in [5, 5.41) is 0.876. The summed E-state index contributed by atoms with van der Waals surface area (Å²) in [6.45, 7) is 0. The van der Waals surface area contributed by atoms with Crippen LogP contribution in [-0.2, 0) is 0 Å². The quantitative estimate of drug-likeness (QED) is 0.822. The van der Waals surface area contributed by atoms with Crippen molar-refractivity contribution in [3.8, 4) is 0 Å². The van der Waals surface area contributed by atoms with Crippen molar-refractivity contribution >= 4 is 21.5 Å². The molecule has 1 aliphatic rings. The van der Waals surface area contributed by atoms with Gasteiger partial charge in [0.25, 0.3) is 5.56 Å². The van der Waals surface area contributed by atoms with Crippen LogP contribution in [0.1, 0.15) is 25.1 Å². The van der Waals surface area contributed by atoms with Crippen LogP contribution in [0.4, 0.5) is 0 Å². The number of hydrogen-bond donors (Lipinski definition) is 1. The minimum absolute atomic E-state index is 0.0803. The van der Waals surface area contributed by atoms with Gasteiger partial charge in [0.2, 0.25) is 0 Å². The van der Waals surface area contributed by atoms with Crippen molar-refractivity contribution in [2.45, 2.75) is 19.3 Å². The van der Waals surface area contributed by atoms with Gasteiger partial charge < -0.3 is 4.98 Å². The second kappa shape index (κ2) is 4.09. The summed E-state index contributed by atoms with van der Waals surface area (Å²) < 4.78 is 0. The first-order valence-electron chi connectivity index (χ1n) is 4.64. The van der Waals surface area contributed by atoms with E-state index in [9.17, 15) is 4.79 Å². The Balaban J connectivity index is 2.44. The highest BCUT2D eigenvalue weighted by Crippen LogP contribution is 2.32. The molecule has 0 spiro atoms. The van der Waals surface area contributed by atoms with Gasteiger partial charge in [0.15, 0.2) is 0 Å². The van der Waals surface area contributed by atoms with Gasteiger partial charge in [0.05, 0.1) is 0 Å². The largest absolute Gasteiger partial charge is 0.307 e. The van der Waals surface area contributed by atoms with Crippen LogP contribution >= 0.6 is 15.9 Å². The van der Waals surface area contributed by atoms with E-state index in [0.29, 0.717) is 0 Å². The normalized spacial score (nSPS) is 16.4. The average Bonchev–Trinajstić information content (AvgIpc) is 2.65. The number of aromatic nitrogens is 2. The van der Waals surface area contributed by atoms with Gasteiger partial charge in [-0.1, -0.05) is 21.5 Å². The third-order valence-corrected chi connectivity index (χ3v) is 3.13. The third-order valence-electron chi connectivity index (χ3n) is 2.45. The molecule has 3 nitrogen and oxygen atoms in total. The minimum atomic E-state index is -0.0803. The number of halogens is 1. The zero-order chi connectivity index (χ0) is 9.97. The monoisotopic (exact) mass is 254 g/mol. The number of alkyl halides is 1. The summed E-state index contributed by atoms with van der Waals surface area (Å²) in [5.74, 6) is 0.740. The fraction of sp³-hybridized carbons (Fsp3) is 0.400. The highest BCUT2D eigenvalue weighted by molar-refractivity contribution is 9.09. The average molecular weight is 255 g/mol. The predicted octanol–water partition coefficient (Wildman–Crippen LogP) is 2.10. The van der Waals surface area contributed by atoms with Crippen LogP contribution in [-0.4, -0.2) is 15.3 Å². The maximum Gasteiger partial charge on any atom is 0.251 e. The molecular formula is C10H11BrN2O. The summed E-state index contributed by atoms with van der Waals surface area (Å²) in [6.07, 6.45) is 4.85. The van der Waals surface area contributed by atoms with Crippen LogP contribution in [0.15, 0.2) is 22.6 Å². The fourth-order valence-corrected chi connectivity index (χ4v) is 2.38. The van der Waals surface area contributed by atoms with Gasteiger partial charge in [-0.05, 0) is 24.8 Å². The van der Waals surface area contributed by atoms with Crippen molar-refractivity contribution in [3.63, 3.8) is 0 Å². The van der Waals surface area contributed by atoms with Gasteiger partial charge in [0, 0.05) is 17.6 Å². The molecule has 14 heavy (non-hydrogen) atoms. The maximum absolute atomic E-state index is 11.1. The van der Waals surface area contributed by atoms with E-state index in [0.717, 1.165) is 30.4 Å². The molecule has 0 aliphatic heterocycles. The first-order chi connectivity index (χ1) is 6.81. The smallest absolute Gasteiger partial charge is 0.251 e. The molecular weight excluding hydrogens is 244 g/mol. The second-order valence-corrected chi connectivity index (χ2v) is 3.91. The molecule has 74 valence electrons. The highest BCUT2D eigenvalue weighted by Gasteiger charge is 2.16. The molecule has 0 saturated carbocycles. The van der Waals surface area contributed by atoms with Gasteiger partial charge in [-0.3, -0.25) is 4.79 Å². The van der Waals surface area contributed by atoms with Crippen LogP contribution in [0.5, 0.6) is 0 Å². The van der Waals surface area contributed by atoms with E-state index in [4.69, 9.17) is 0 Å². The van der Waals surface area contributed by atoms with Crippen molar-refractivity contribution in [1.29, 1.82) is 0 Å². The van der Waals surface area contributed by atoms with Crippen LogP contribution in [0.3, 0.4) is 0 Å². The van der Waals surface area contributed by atoms with Gasteiger partial charge in [-0.2, -0.15) is 0 Å². The Morgan fingerprint density at radius 2 is 2.36 bits per heavy atom. The molecule has 0 fully saturated rings. The molecule has 0 atom stereocenters. The van der Waals surface area contributed by atoms with E-state index >= 15 is 0 Å². The SMILES string of the molecule is O=c1ccnc(C2=C(CBr)CCC2)[nH]1. The van der Waals surface area contributed by atoms with E-state index in [-0.39, 0.29) is 5.56 Å². The molecule has 1 aromatic rings. The molecule has 0 unspecified atom stereocenters. The van der Waals surface area contributed by atoms with Crippen molar-refractivity contribution in [2.24, 2.45) is 0 Å². The van der Waals surface area contributed by atoms with Crippen LogP contribution in [0.2, 0.25) is 0 Å². The standard InChI is InChI=1S/C10H11BrN2O/c11-6-7-2-1-3-8(7)10-12-5-4-9(14)13-10/h4-5H,1-3,6H2,(H,12,13,14). The van der Waals surface area contributed by atoms with Crippen molar-refractivity contribution in [2.75, 3.05) is 5.33 Å². The first kappa shape index (κ1) is 9.65. The van der Waals surface area contributed by atoms with Crippen LogP contribution in [0, 0.1) is 0 Å². The second-order valence-electron chi connectivity index (χ2n) is 3.35. The molecule has 1 aliphatic carbocycles. The Hall–Kier alpha value is -0.900. The summed E-state index contributed by atoms with van der Waals surface area (Å²) in [6, 6.07) is 1.44. The van der Waals surface area contributed by atoms with E-state index in [1.165, 1.54) is 17.2 Å². The molecule has 2 rings (SSSR count).